The predicted molar refractivity (Wildman–Crippen MR) is 77.5 cm³/mol. The van der Waals surface area contributed by atoms with Gasteiger partial charge in [-0.1, -0.05) is 29.3 Å². The van der Waals surface area contributed by atoms with Gasteiger partial charge in [0, 0.05) is 17.4 Å². The molecule has 0 aliphatic carbocycles. The SMILES string of the molecule is Cc1cc(Cl)c(NC(C)c2cccnc2)cc1Cl. The number of hydrogen-bond donors (Lipinski definition) is 1. The van der Waals surface area contributed by atoms with Gasteiger partial charge >= 0.3 is 0 Å². The van der Waals surface area contributed by atoms with Crippen LogP contribution in [0.4, 0.5) is 5.69 Å². The number of benzene rings is 1. The summed E-state index contributed by atoms with van der Waals surface area (Å²) in [5, 5.41) is 4.72. The van der Waals surface area contributed by atoms with Gasteiger partial charge in [0.2, 0.25) is 0 Å². The highest BCUT2D eigenvalue weighted by atomic mass is 35.5. The van der Waals surface area contributed by atoms with Crippen LogP contribution in [0.15, 0.2) is 36.7 Å². The standard InChI is InChI=1S/C14H14Cl2N2/c1-9-6-13(16)14(7-12(9)15)18-10(2)11-4-3-5-17-8-11/h3-8,10,18H,1-2H3. The van der Waals surface area contributed by atoms with Gasteiger partial charge in [0.15, 0.2) is 0 Å². The highest BCUT2D eigenvalue weighted by Crippen LogP contribution is 2.31. The Labute approximate surface area is 117 Å². The van der Waals surface area contributed by atoms with E-state index in [-0.39, 0.29) is 6.04 Å². The Hall–Kier alpha value is -1.25. The minimum absolute atomic E-state index is 0.120. The number of rotatable bonds is 3. The first-order valence-corrected chi connectivity index (χ1v) is 6.45. The van der Waals surface area contributed by atoms with Crippen molar-refractivity contribution in [3.05, 3.63) is 57.8 Å². The molecule has 1 aromatic carbocycles. The third-order valence-corrected chi connectivity index (χ3v) is 3.52. The van der Waals surface area contributed by atoms with E-state index in [2.05, 4.69) is 17.2 Å². The first kappa shape index (κ1) is 13.2. The topological polar surface area (TPSA) is 24.9 Å². The maximum atomic E-state index is 6.20. The summed E-state index contributed by atoms with van der Waals surface area (Å²) in [6.07, 6.45) is 3.59. The number of aryl methyl sites for hydroxylation is 1. The maximum Gasteiger partial charge on any atom is 0.0641 e. The van der Waals surface area contributed by atoms with Gasteiger partial charge in [-0.05, 0) is 43.2 Å². The monoisotopic (exact) mass is 280 g/mol. The van der Waals surface area contributed by atoms with Crippen molar-refractivity contribution >= 4 is 28.9 Å². The van der Waals surface area contributed by atoms with Crippen LogP contribution in [0.1, 0.15) is 24.1 Å². The molecule has 0 fully saturated rings. The number of aromatic nitrogens is 1. The van der Waals surface area contributed by atoms with Crippen molar-refractivity contribution in [3.8, 4) is 0 Å². The van der Waals surface area contributed by atoms with Crippen molar-refractivity contribution in [2.24, 2.45) is 0 Å². The number of halogens is 2. The van der Waals surface area contributed by atoms with Gasteiger partial charge in [0.05, 0.1) is 16.8 Å². The smallest absolute Gasteiger partial charge is 0.0641 e. The molecule has 0 saturated heterocycles. The Bertz CT molecular complexity index is 541. The molecular weight excluding hydrogens is 267 g/mol. The molecule has 1 N–H and O–H groups in total. The molecule has 2 nitrogen and oxygen atoms in total. The van der Waals surface area contributed by atoms with E-state index in [0.717, 1.165) is 16.8 Å². The molecule has 2 aromatic rings. The quantitative estimate of drug-likeness (QED) is 0.868. The highest BCUT2D eigenvalue weighted by Gasteiger charge is 2.09. The summed E-state index contributed by atoms with van der Waals surface area (Å²) in [5.41, 5.74) is 2.91. The van der Waals surface area contributed by atoms with E-state index >= 15 is 0 Å². The second-order valence-corrected chi connectivity index (χ2v) is 5.05. The average Bonchev–Trinajstić information content (AvgIpc) is 2.37. The lowest BCUT2D eigenvalue weighted by molar-refractivity contribution is 0.876. The van der Waals surface area contributed by atoms with E-state index in [1.54, 1.807) is 6.20 Å². The second kappa shape index (κ2) is 5.59. The molecule has 1 heterocycles. The molecule has 1 aromatic heterocycles. The number of nitrogens with zero attached hydrogens (tertiary/aromatic N) is 1. The first-order valence-electron chi connectivity index (χ1n) is 5.70. The van der Waals surface area contributed by atoms with Crippen LogP contribution in [-0.2, 0) is 0 Å². The number of nitrogens with one attached hydrogen (secondary N) is 1. The van der Waals surface area contributed by atoms with E-state index in [4.69, 9.17) is 23.2 Å². The molecule has 0 spiro atoms. The Morgan fingerprint density at radius 2 is 2.00 bits per heavy atom. The van der Waals surface area contributed by atoms with Crippen LogP contribution >= 0.6 is 23.2 Å². The van der Waals surface area contributed by atoms with Gasteiger partial charge < -0.3 is 5.32 Å². The summed E-state index contributed by atoms with van der Waals surface area (Å²) in [5.74, 6) is 0. The Kier molecular flexibility index (Phi) is 4.10. The second-order valence-electron chi connectivity index (χ2n) is 4.23. The van der Waals surface area contributed by atoms with Crippen molar-refractivity contribution in [1.29, 1.82) is 0 Å². The number of pyridine rings is 1. The van der Waals surface area contributed by atoms with E-state index in [1.807, 2.05) is 37.4 Å². The van der Waals surface area contributed by atoms with Crippen LogP contribution in [0.25, 0.3) is 0 Å². The molecular formula is C14H14Cl2N2. The Morgan fingerprint density at radius 1 is 1.22 bits per heavy atom. The molecule has 0 aliphatic rings. The van der Waals surface area contributed by atoms with Crippen molar-refractivity contribution in [2.45, 2.75) is 19.9 Å². The summed E-state index contributed by atoms with van der Waals surface area (Å²) in [6.45, 7) is 3.99. The summed E-state index contributed by atoms with van der Waals surface area (Å²) >= 11 is 12.3. The largest absolute Gasteiger partial charge is 0.377 e. The summed E-state index contributed by atoms with van der Waals surface area (Å²) < 4.78 is 0. The molecule has 1 unspecified atom stereocenters. The number of hydrogen-bond acceptors (Lipinski definition) is 2. The molecule has 2 rings (SSSR count). The summed E-state index contributed by atoms with van der Waals surface area (Å²) in [6, 6.07) is 7.77. The third kappa shape index (κ3) is 2.95. The van der Waals surface area contributed by atoms with Gasteiger partial charge in [-0.25, -0.2) is 0 Å². The van der Waals surface area contributed by atoms with Crippen molar-refractivity contribution in [2.75, 3.05) is 5.32 Å². The minimum atomic E-state index is 0.120. The molecule has 0 radical (unpaired) electrons. The van der Waals surface area contributed by atoms with E-state index in [1.165, 1.54) is 0 Å². The Balaban J connectivity index is 2.22. The lowest BCUT2D eigenvalue weighted by Gasteiger charge is -2.17. The molecule has 94 valence electrons. The van der Waals surface area contributed by atoms with Crippen LogP contribution in [0, 0.1) is 6.92 Å². The highest BCUT2D eigenvalue weighted by molar-refractivity contribution is 6.35. The molecule has 0 amide bonds. The zero-order valence-corrected chi connectivity index (χ0v) is 11.8. The lowest BCUT2D eigenvalue weighted by atomic mass is 10.1. The van der Waals surface area contributed by atoms with E-state index < -0.39 is 0 Å². The lowest BCUT2D eigenvalue weighted by Crippen LogP contribution is -2.07. The van der Waals surface area contributed by atoms with Gasteiger partial charge in [-0.3, -0.25) is 4.98 Å². The average molecular weight is 281 g/mol. The fourth-order valence-corrected chi connectivity index (χ4v) is 2.14. The Morgan fingerprint density at radius 3 is 2.67 bits per heavy atom. The zero-order chi connectivity index (χ0) is 13.1. The maximum absolute atomic E-state index is 6.20. The predicted octanol–water partition coefficient (Wildman–Crippen LogP) is 4.87. The van der Waals surface area contributed by atoms with Crippen LogP contribution in [0.5, 0.6) is 0 Å². The molecule has 18 heavy (non-hydrogen) atoms. The van der Waals surface area contributed by atoms with Crippen LogP contribution in [0.3, 0.4) is 0 Å². The van der Waals surface area contributed by atoms with E-state index in [9.17, 15) is 0 Å². The zero-order valence-electron chi connectivity index (χ0n) is 10.2. The van der Waals surface area contributed by atoms with Crippen molar-refractivity contribution < 1.29 is 0 Å². The van der Waals surface area contributed by atoms with Gasteiger partial charge in [0.1, 0.15) is 0 Å². The fourth-order valence-electron chi connectivity index (χ4n) is 1.71. The molecule has 1 atom stereocenters. The van der Waals surface area contributed by atoms with Gasteiger partial charge in [-0.2, -0.15) is 0 Å². The fraction of sp³-hybridized carbons (Fsp3) is 0.214. The molecule has 4 heteroatoms. The molecule has 0 aliphatic heterocycles. The third-order valence-electron chi connectivity index (χ3n) is 2.80. The number of anilines is 1. The van der Waals surface area contributed by atoms with Crippen molar-refractivity contribution in [3.63, 3.8) is 0 Å². The van der Waals surface area contributed by atoms with Crippen LogP contribution < -0.4 is 5.32 Å². The van der Waals surface area contributed by atoms with Crippen LogP contribution in [-0.4, -0.2) is 4.98 Å². The van der Waals surface area contributed by atoms with Gasteiger partial charge in [-0.15, -0.1) is 0 Å². The molecule has 0 bridgehead atoms. The van der Waals surface area contributed by atoms with Crippen molar-refractivity contribution in [1.82, 2.24) is 4.98 Å². The summed E-state index contributed by atoms with van der Waals surface area (Å²) in [4.78, 5) is 4.10. The summed E-state index contributed by atoms with van der Waals surface area (Å²) in [7, 11) is 0. The normalized spacial score (nSPS) is 12.2. The minimum Gasteiger partial charge on any atom is -0.377 e. The van der Waals surface area contributed by atoms with E-state index in [0.29, 0.717) is 10.0 Å². The van der Waals surface area contributed by atoms with Crippen LogP contribution in [0.2, 0.25) is 10.0 Å². The first-order chi connectivity index (χ1) is 8.58. The molecule has 0 saturated carbocycles. The van der Waals surface area contributed by atoms with Gasteiger partial charge in [0.25, 0.3) is 0 Å².